The van der Waals surface area contributed by atoms with Crippen LogP contribution in [0, 0.1) is 5.92 Å². The highest BCUT2D eigenvalue weighted by Gasteiger charge is 2.50. The van der Waals surface area contributed by atoms with Crippen LogP contribution in [0.1, 0.15) is 77.5 Å². The molecular weight excluding hydrogens is 287 g/mol. The van der Waals surface area contributed by atoms with E-state index >= 15 is 0 Å². The van der Waals surface area contributed by atoms with Crippen LogP contribution in [-0.2, 0) is 16.2 Å². The zero-order valence-corrected chi connectivity index (χ0v) is 16.2. The molecule has 3 rings (SSSR count). The summed E-state index contributed by atoms with van der Waals surface area (Å²) in [4.78, 5) is 0. The second-order valence-corrected chi connectivity index (χ2v) is 9.53. The molecule has 2 radical (unpaired) electrons. The number of fused-ring (bicyclic) bond motifs is 1. The molecule has 0 aliphatic heterocycles. The van der Waals surface area contributed by atoms with Crippen molar-refractivity contribution in [3.8, 4) is 0 Å². The molecule has 2 atom stereocenters. The third kappa shape index (κ3) is 2.91. The Morgan fingerprint density at radius 3 is 2.29 bits per heavy atom. The molecule has 1 saturated carbocycles. The van der Waals surface area contributed by atoms with Crippen molar-refractivity contribution < 1.29 is 0 Å². The first-order valence-corrected chi connectivity index (χ1v) is 9.32. The van der Waals surface area contributed by atoms with Gasteiger partial charge in [0.25, 0.3) is 0 Å². The molecule has 0 spiro atoms. The van der Waals surface area contributed by atoms with Crippen LogP contribution < -0.4 is 0 Å². The highest BCUT2D eigenvalue weighted by Crippen LogP contribution is 2.56. The van der Waals surface area contributed by atoms with E-state index in [0.717, 1.165) is 5.57 Å². The van der Waals surface area contributed by atoms with Crippen molar-refractivity contribution in [2.45, 2.75) is 77.0 Å². The van der Waals surface area contributed by atoms with Crippen LogP contribution in [0.25, 0.3) is 0 Å². The molecule has 1 heteroatoms. The van der Waals surface area contributed by atoms with Gasteiger partial charge in [-0.3, -0.25) is 0 Å². The Morgan fingerprint density at radius 1 is 1.04 bits per heavy atom. The lowest BCUT2D eigenvalue weighted by atomic mass is 9.62. The van der Waals surface area contributed by atoms with Crippen molar-refractivity contribution in [1.82, 2.24) is 0 Å². The van der Waals surface area contributed by atoms with Gasteiger partial charge in [-0.2, -0.15) is 0 Å². The summed E-state index contributed by atoms with van der Waals surface area (Å²) in [6.07, 6.45) is 8.30. The predicted octanol–water partition coefficient (Wildman–Crippen LogP) is 5.94. The number of allylic oxidation sites excluding steroid dienone is 3. The van der Waals surface area contributed by atoms with Crippen molar-refractivity contribution in [1.29, 1.82) is 0 Å². The summed E-state index contributed by atoms with van der Waals surface area (Å²) in [6.45, 7) is 14.1. The van der Waals surface area contributed by atoms with Crippen LogP contribution in [0.3, 0.4) is 0 Å². The molecule has 2 unspecified atom stereocenters. The van der Waals surface area contributed by atoms with E-state index in [2.05, 4.69) is 71.9 Å². The monoisotopic (exact) mass is 318 g/mol. The van der Waals surface area contributed by atoms with E-state index in [1.165, 1.54) is 24.8 Å². The number of hydrogen-bond donors (Lipinski definition) is 0. The van der Waals surface area contributed by atoms with Gasteiger partial charge in [0.2, 0.25) is 0 Å². The summed E-state index contributed by atoms with van der Waals surface area (Å²) >= 11 is 0. The lowest BCUT2D eigenvalue weighted by Gasteiger charge is -2.42. The Morgan fingerprint density at radius 2 is 1.67 bits per heavy atom. The van der Waals surface area contributed by atoms with E-state index in [9.17, 15) is 0 Å². The summed E-state index contributed by atoms with van der Waals surface area (Å²) in [6, 6.07) is 7.33. The van der Waals surface area contributed by atoms with Gasteiger partial charge in [-0.25, -0.2) is 0 Å². The van der Waals surface area contributed by atoms with Gasteiger partial charge in [-0.15, -0.1) is 5.98 Å². The summed E-state index contributed by atoms with van der Waals surface area (Å²) in [7, 11) is 5.58. The predicted molar refractivity (Wildman–Crippen MR) is 106 cm³/mol. The summed E-state index contributed by atoms with van der Waals surface area (Å²) in [5.41, 5.74) is 6.66. The van der Waals surface area contributed by atoms with E-state index in [1.54, 1.807) is 17.1 Å². The molecule has 0 N–H and O–H groups in total. The van der Waals surface area contributed by atoms with E-state index in [-0.39, 0.29) is 10.8 Å². The zero-order valence-electron chi connectivity index (χ0n) is 16.2. The molecule has 2 aliphatic rings. The lowest BCUT2D eigenvalue weighted by Crippen LogP contribution is -2.34. The molecule has 2 aliphatic carbocycles. The van der Waals surface area contributed by atoms with Crippen LogP contribution in [0.4, 0.5) is 0 Å². The summed E-state index contributed by atoms with van der Waals surface area (Å²) in [5, 5.41) is 0. The third-order valence-corrected chi connectivity index (χ3v) is 6.67. The van der Waals surface area contributed by atoms with Crippen LogP contribution in [0.5, 0.6) is 0 Å². The van der Waals surface area contributed by atoms with Crippen molar-refractivity contribution in [3.63, 3.8) is 0 Å². The Kier molecular flexibility index (Phi) is 4.14. The second-order valence-electron chi connectivity index (χ2n) is 9.53. The maximum absolute atomic E-state index is 5.58. The highest BCUT2D eigenvalue weighted by molar-refractivity contribution is 6.17. The highest BCUT2D eigenvalue weighted by atomic mass is 14.5. The molecule has 0 nitrogen and oxygen atoms in total. The Bertz CT molecular complexity index is 705. The van der Waals surface area contributed by atoms with Crippen LogP contribution >= 0.6 is 0 Å². The van der Waals surface area contributed by atoms with Crippen LogP contribution in [-0.4, -0.2) is 7.85 Å². The van der Waals surface area contributed by atoms with Gasteiger partial charge < -0.3 is 0 Å². The van der Waals surface area contributed by atoms with Crippen molar-refractivity contribution >= 4 is 7.85 Å². The van der Waals surface area contributed by atoms with E-state index in [1.807, 2.05) is 0 Å². The smallest absolute Gasteiger partial charge is 0.103 e. The minimum absolute atomic E-state index is 0.288. The van der Waals surface area contributed by atoms with Crippen LogP contribution in [0.15, 0.2) is 41.9 Å². The fourth-order valence-electron chi connectivity index (χ4n) is 4.28. The number of rotatable bonds is 3. The van der Waals surface area contributed by atoms with Gasteiger partial charge in [0.1, 0.15) is 7.85 Å². The average Bonchev–Trinajstić information content (AvgIpc) is 3.21. The molecular formula is C23H31B. The molecule has 0 bridgehead atoms. The van der Waals surface area contributed by atoms with Crippen LogP contribution in [0.2, 0.25) is 0 Å². The van der Waals surface area contributed by atoms with E-state index < -0.39 is 0 Å². The molecule has 0 saturated heterocycles. The van der Waals surface area contributed by atoms with E-state index in [0.29, 0.717) is 11.3 Å². The molecule has 1 aromatic carbocycles. The number of hydrogen-bond acceptors (Lipinski definition) is 0. The molecule has 1 aromatic rings. The minimum Gasteiger partial charge on any atom is -0.129 e. The fourth-order valence-corrected chi connectivity index (χ4v) is 4.28. The van der Waals surface area contributed by atoms with Gasteiger partial charge in [0, 0.05) is 0 Å². The minimum atomic E-state index is 0.288. The normalized spacial score (nSPS) is 31.1. The Hall–Kier alpha value is -1.24. The molecule has 0 heterocycles. The topological polar surface area (TPSA) is 0 Å². The first-order chi connectivity index (χ1) is 11.1. The quantitative estimate of drug-likeness (QED) is 0.478. The first-order valence-electron chi connectivity index (χ1n) is 9.32. The summed E-state index contributed by atoms with van der Waals surface area (Å²) < 4.78 is 0. The van der Waals surface area contributed by atoms with Crippen molar-refractivity contribution in [2.24, 2.45) is 5.92 Å². The molecule has 0 amide bonds. The van der Waals surface area contributed by atoms with Gasteiger partial charge in [-0.05, 0) is 65.0 Å². The Labute approximate surface area is 149 Å². The second kappa shape index (κ2) is 5.65. The first kappa shape index (κ1) is 17.6. The summed E-state index contributed by atoms with van der Waals surface area (Å²) in [5.74, 6) is 2.31. The van der Waals surface area contributed by atoms with Crippen molar-refractivity contribution in [3.05, 3.63) is 58.6 Å². The number of benzene rings is 1. The lowest BCUT2D eigenvalue weighted by molar-refractivity contribution is 0.331. The van der Waals surface area contributed by atoms with Gasteiger partial charge in [-0.1, -0.05) is 70.5 Å². The third-order valence-electron chi connectivity index (χ3n) is 6.67. The molecule has 24 heavy (non-hydrogen) atoms. The zero-order chi connectivity index (χ0) is 17.8. The SMILES string of the molecule is [B]/C=C(\C)C=CC1CC1(C)c1ccc2c(c1)C(C)(C)CCC2(C)C. The van der Waals surface area contributed by atoms with Gasteiger partial charge >= 0.3 is 0 Å². The van der Waals surface area contributed by atoms with Gasteiger partial charge in [0.05, 0.1) is 0 Å². The van der Waals surface area contributed by atoms with Gasteiger partial charge in [0.15, 0.2) is 0 Å². The fraction of sp³-hybridized carbons (Fsp3) is 0.565. The maximum Gasteiger partial charge on any atom is 0.103 e. The maximum atomic E-state index is 5.58. The Balaban J connectivity index is 1.94. The average molecular weight is 318 g/mol. The standard InChI is InChI=1S/C23H31B/c1-16(15-24)7-8-18-14-23(18,6)17-9-10-19-20(13-17)22(4,5)12-11-21(19,2)3/h7-10,13,15,18H,11-12,14H2,1-6H3/b8-7?,16-15+. The molecule has 126 valence electrons. The van der Waals surface area contributed by atoms with Crippen molar-refractivity contribution in [2.75, 3.05) is 0 Å². The largest absolute Gasteiger partial charge is 0.129 e. The molecule has 0 aromatic heterocycles. The molecule has 1 fully saturated rings. The van der Waals surface area contributed by atoms with E-state index in [4.69, 9.17) is 7.85 Å².